The summed E-state index contributed by atoms with van der Waals surface area (Å²) in [5.74, 6) is -0.765. The minimum absolute atomic E-state index is 0.0498. The second kappa shape index (κ2) is 13.8. The van der Waals surface area contributed by atoms with Gasteiger partial charge in [0.25, 0.3) is 10.0 Å². The number of nitrogens with zero attached hydrogens (tertiary/aromatic N) is 2. The molecule has 0 aliphatic heterocycles. The molecular weight excluding hydrogens is 546 g/mol. The van der Waals surface area contributed by atoms with Crippen molar-refractivity contribution in [1.29, 1.82) is 0 Å². The molecular formula is C31H38ClN3O4S. The van der Waals surface area contributed by atoms with E-state index >= 15 is 0 Å². The van der Waals surface area contributed by atoms with Crippen LogP contribution in [0.5, 0.6) is 0 Å². The summed E-state index contributed by atoms with van der Waals surface area (Å²) in [6.07, 6.45) is 1.10. The Labute approximate surface area is 243 Å². The molecule has 0 heterocycles. The third-order valence-electron chi connectivity index (χ3n) is 6.98. The molecule has 0 aromatic heterocycles. The molecule has 3 rings (SSSR count). The number of halogens is 1. The van der Waals surface area contributed by atoms with Gasteiger partial charge in [-0.05, 0) is 69.0 Å². The number of carbonyl (C=O) groups excluding carboxylic acids is 2. The van der Waals surface area contributed by atoms with Gasteiger partial charge in [-0.1, -0.05) is 79.5 Å². The summed E-state index contributed by atoms with van der Waals surface area (Å²) in [5.41, 5.74) is 2.74. The van der Waals surface area contributed by atoms with Gasteiger partial charge in [-0.15, -0.1) is 0 Å². The van der Waals surface area contributed by atoms with Crippen LogP contribution >= 0.6 is 11.6 Å². The maximum Gasteiger partial charge on any atom is 0.264 e. The predicted molar refractivity (Wildman–Crippen MR) is 161 cm³/mol. The van der Waals surface area contributed by atoms with Crippen LogP contribution in [0.15, 0.2) is 77.7 Å². The topological polar surface area (TPSA) is 86.8 Å². The van der Waals surface area contributed by atoms with E-state index in [1.165, 1.54) is 17.0 Å². The van der Waals surface area contributed by atoms with E-state index in [0.29, 0.717) is 22.7 Å². The van der Waals surface area contributed by atoms with E-state index in [4.69, 9.17) is 11.6 Å². The highest BCUT2D eigenvalue weighted by Gasteiger charge is 2.34. The number of nitrogens with one attached hydrogen (secondary N) is 1. The van der Waals surface area contributed by atoms with Crippen LogP contribution in [0.2, 0.25) is 5.02 Å². The Kier molecular flexibility index (Phi) is 10.8. The number of amides is 2. The second-order valence-corrected chi connectivity index (χ2v) is 12.2. The van der Waals surface area contributed by atoms with E-state index in [0.717, 1.165) is 21.9 Å². The van der Waals surface area contributed by atoms with Crippen molar-refractivity contribution in [2.45, 2.75) is 71.0 Å². The van der Waals surface area contributed by atoms with Gasteiger partial charge < -0.3 is 10.2 Å². The van der Waals surface area contributed by atoms with Crippen molar-refractivity contribution >= 4 is 39.1 Å². The molecule has 1 N–H and O–H groups in total. The molecule has 0 fully saturated rings. The highest BCUT2D eigenvalue weighted by Crippen LogP contribution is 2.31. The lowest BCUT2D eigenvalue weighted by Gasteiger charge is -2.34. The molecule has 2 atom stereocenters. The Bertz CT molecular complexity index is 1410. The highest BCUT2D eigenvalue weighted by atomic mass is 35.5. The summed E-state index contributed by atoms with van der Waals surface area (Å²) in [6.45, 7) is 9.06. The van der Waals surface area contributed by atoms with Crippen LogP contribution in [0, 0.1) is 13.8 Å². The Morgan fingerprint density at radius 1 is 0.900 bits per heavy atom. The second-order valence-electron chi connectivity index (χ2n) is 9.96. The van der Waals surface area contributed by atoms with Gasteiger partial charge in [0.15, 0.2) is 0 Å². The lowest BCUT2D eigenvalue weighted by molar-refractivity contribution is -0.140. The molecule has 2 amide bonds. The van der Waals surface area contributed by atoms with Crippen LogP contribution in [0.3, 0.4) is 0 Å². The van der Waals surface area contributed by atoms with Crippen molar-refractivity contribution in [3.8, 4) is 0 Å². The van der Waals surface area contributed by atoms with Gasteiger partial charge in [-0.3, -0.25) is 13.9 Å². The van der Waals surface area contributed by atoms with E-state index in [-0.39, 0.29) is 23.4 Å². The van der Waals surface area contributed by atoms with Crippen LogP contribution in [0.25, 0.3) is 0 Å². The fourth-order valence-electron chi connectivity index (χ4n) is 4.35. The molecule has 0 aliphatic rings. The van der Waals surface area contributed by atoms with Gasteiger partial charge in [0.2, 0.25) is 11.8 Å². The third kappa shape index (κ3) is 7.43. The van der Waals surface area contributed by atoms with E-state index in [9.17, 15) is 18.0 Å². The summed E-state index contributed by atoms with van der Waals surface area (Å²) in [4.78, 5) is 29.0. The Morgan fingerprint density at radius 2 is 1.55 bits per heavy atom. The molecule has 0 unspecified atom stereocenters. The first-order valence-corrected chi connectivity index (χ1v) is 15.3. The lowest BCUT2D eigenvalue weighted by atomic mass is 10.1. The van der Waals surface area contributed by atoms with Crippen molar-refractivity contribution in [2.24, 2.45) is 0 Å². The largest absolute Gasteiger partial charge is 0.352 e. The van der Waals surface area contributed by atoms with Gasteiger partial charge in [0, 0.05) is 17.6 Å². The first-order valence-electron chi connectivity index (χ1n) is 13.5. The predicted octanol–water partition coefficient (Wildman–Crippen LogP) is 5.87. The monoisotopic (exact) mass is 583 g/mol. The summed E-state index contributed by atoms with van der Waals surface area (Å²) < 4.78 is 29.0. The summed E-state index contributed by atoms with van der Waals surface area (Å²) in [7, 11) is -4.15. The number of benzene rings is 3. The van der Waals surface area contributed by atoms with Crippen molar-refractivity contribution in [2.75, 3.05) is 10.8 Å². The molecule has 0 radical (unpaired) electrons. The van der Waals surface area contributed by atoms with Crippen molar-refractivity contribution in [1.82, 2.24) is 10.2 Å². The zero-order chi connectivity index (χ0) is 29.4. The number of sulfonamides is 1. The van der Waals surface area contributed by atoms with Gasteiger partial charge in [0.1, 0.15) is 12.6 Å². The van der Waals surface area contributed by atoms with Crippen molar-refractivity contribution in [3.05, 3.63) is 94.5 Å². The standard InChI is InChI=1S/C31H38ClN3O4S/c1-6-23(4)33-31(37)28(7-2)34(20-25-18-16-22(3)17-19-25)30(36)21-35(29-15-11-14-27(32)24(29)5)40(38,39)26-12-9-8-10-13-26/h8-19,23,28H,6-7,20-21H2,1-5H3,(H,33,37)/t23-,28-/m1/s1. The summed E-state index contributed by atoms with van der Waals surface area (Å²) in [6, 6.07) is 19.8. The van der Waals surface area contributed by atoms with Gasteiger partial charge in [-0.2, -0.15) is 0 Å². The summed E-state index contributed by atoms with van der Waals surface area (Å²) >= 11 is 6.38. The van der Waals surface area contributed by atoms with E-state index in [1.54, 1.807) is 43.3 Å². The minimum Gasteiger partial charge on any atom is -0.352 e. The molecule has 7 nitrogen and oxygen atoms in total. The minimum atomic E-state index is -4.15. The fourth-order valence-corrected chi connectivity index (χ4v) is 6.01. The highest BCUT2D eigenvalue weighted by molar-refractivity contribution is 7.92. The number of hydrogen-bond donors (Lipinski definition) is 1. The van der Waals surface area contributed by atoms with Crippen molar-refractivity contribution < 1.29 is 18.0 Å². The Morgan fingerprint density at radius 3 is 2.15 bits per heavy atom. The zero-order valence-corrected chi connectivity index (χ0v) is 25.3. The molecule has 214 valence electrons. The van der Waals surface area contributed by atoms with Gasteiger partial charge in [0.05, 0.1) is 10.6 Å². The molecule has 40 heavy (non-hydrogen) atoms. The van der Waals surface area contributed by atoms with Crippen LogP contribution < -0.4 is 9.62 Å². The first kappa shape index (κ1) is 31.2. The normalized spacial score (nSPS) is 12.8. The molecule has 0 aliphatic carbocycles. The quantitative estimate of drug-likeness (QED) is 0.289. The molecule has 0 saturated carbocycles. The average molecular weight is 584 g/mol. The molecule has 0 saturated heterocycles. The number of aryl methyl sites for hydroxylation is 1. The maximum atomic E-state index is 14.1. The van der Waals surface area contributed by atoms with Crippen LogP contribution in [0.1, 0.15) is 50.3 Å². The summed E-state index contributed by atoms with van der Waals surface area (Å²) in [5, 5.41) is 3.37. The molecule has 0 spiro atoms. The van der Waals surface area contributed by atoms with Crippen LogP contribution in [-0.2, 0) is 26.2 Å². The van der Waals surface area contributed by atoms with Crippen LogP contribution in [-0.4, -0.2) is 43.8 Å². The first-order chi connectivity index (χ1) is 19.0. The van der Waals surface area contributed by atoms with Gasteiger partial charge in [-0.25, -0.2) is 8.42 Å². The number of hydrogen-bond acceptors (Lipinski definition) is 4. The fraction of sp³-hybridized carbons (Fsp3) is 0.355. The van der Waals surface area contributed by atoms with E-state index in [1.807, 2.05) is 52.0 Å². The molecule has 0 bridgehead atoms. The zero-order valence-electron chi connectivity index (χ0n) is 23.7. The average Bonchev–Trinajstić information content (AvgIpc) is 2.94. The molecule has 3 aromatic carbocycles. The van der Waals surface area contributed by atoms with E-state index in [2.05, 4.69) is 5.32 Å². The number of anilines is 1. The molecule has 3 aromatic rings. The Hall–Kier alpha value is -3.36. The van der Waals surface area contributed by atoms with Gasteiger partial charge >= 0.3 is 0 Å². The number of rotatable bonds is 12. The maximum absolute atomic E-state index is 14.1. The number of carbonyl (C=O) groups is 2. The Balaban J connectivity index is 2.08. The lowest BCUT2D eigenvalue weighted by Crippen LogP contribution is -2.53. The molecule has 9 heteroatoms. The van der Waals surface area contributed by atoms with Crippen molar-refractivity contribution in [3.63, 3.8) is 0 Å². The van der Waals surface area contributed by atoms with Crippen LogP contribution in [0.4, 0.5) is 5.69 Å². The smallest absolute Gasteiger partial charge is 0.264 e. The van der Waals surface area contributed by atoms with E-state index < -0.39 is 28.5 Å². The SMILES string of the molecule is CC[C@@H](C)NC(=O)[C@@H](CC)N(Cc1ccc(C)cc1)C(=O)CN(c1cccc(Cl)c1C)S(=O)(=O)c1ccccc1. The third-order valence-corrected chi connectivity index (χ3v) is 9.16.